The van der Waals surface area contributed by atoms with Gasteiger partial charge >= 0.3 is 0 Å². The van der Waals surface area contributed by atoms with Crippen LogP contribution in [0.2, 0.25) is 5.02 Å². The lowest BCUT2D eigenvalue weighted by atomic mass is 10.2. The summed E-state index contributed by atoms with van der Waals surface area (Å²) in [6.45, 7) is 2.64. The van der Waals surface area contributed by atoms with E-state index >= 15 is 0 Å². The molecule has 1 saturated heterocycles. The van der Waals surface area contributed by atoms with Crippen LogP contribution in [0.25, 0.3) is 21.5 Å². The van der Waals surface area contributed by atoms with Gasteiger partial charge in [-0.2, -0.15) is 0 Å². The van der Waals surface area contributed by atoms with Crippen LogP contribution in [0.3, 0.4) is 0 Å². The van der Waals surface area contributed by atoms with Crippen molar-refractivity contribution in [2.24, 2.45) is 0 Å². The van der Waals surface area contributed by atoms with Gasteiger partial charge < -0.3 is 9.47 Å². The molecule has 0 aliphatic carbocycles. The number of nitrogens with zero attached hydrogens (tertiary/aromatic N) is 3. The SMILES string of the molecule is CCc1ccc(-c2cnc3c(Cl)cn(CC(=O)N4CC(F)C4)c3c2)s1. The van der Waals surface area contributed by atoms with Crippen LogP contribution in [-0.4, -0.2) is 39.6 Å². The topological polar surface area (TPSA) is 38.1 Å². The van der Waals surface area contributed by atoms with Gasteiger partial charge in [-0.15, -0.1) is 11.3 Å². The van der Waals surface area contributed by atoms with Crippen molar-refractivity contribution in [3.05, 3.63) is 40.5 Å². The van der Waals surface area contributed by atoms with Crippen molar-refractivity contribution in [1.29, 1.82) is 0 Å². The summed E-state index contributed by atoms with van der Waals surface area (Å²) in [5.74, 6) is -0.0998. The highest BCUT2D eigenvalue weighted by Gasteiger charge is 2.30. The summed E-state index contributed by atoms with van der Waals surface area (Å²) in [6, 6.07) is 6.23. The Labute approximate surface area is 153 Å². The van der Waals surface area contributed by atoms with Gasteiger partial charge in [-0.1, -0.05) is 18.5 Å². The van der Waals surface area contributed by atoms with E-state index in [1.54, 1.807) is 22.1 Å². The zero-order valence-corrected chi connectivity index (χ0v) is 15.3. The fourth-order valence-electron chi connectivity index (χ4n) is 2.99. The van der Waals surface area contributed by atoms with E-state index < -0.39 is 6.17 Å². The van der Waals surface area contributed by atoms with Crippen molar-refractivity contribution in [2.45, 2.75) is 26.1 Å². The van der Waals surface area contributed by atoms with Crippen LogP contribution >= 0.6 is 22.9 Å². The Kier molecular flexibility index (Phi) is 4.25. The Morgan fingerprint density at radius 3 is 2.92 bits per heavy atom. The lowest BCUT2D eigenvalue weighted by molar-refractivity contribution is -0.138. The van der Waals surface area contributed by atoms with Gasteiger partial charge in [0.05, 0.1) is 23.6 Å². The molecule has 0 aromatic carbocycles. The average Bonchev–Trinajstić information content (AvgIpc) is 3.17. The molecule has 4 nitrogen and oxygen atoms in total. The van der Waals surface area contributed by atoms with Crippen LogP contribution in [0.1, 0.15) is 11.8 Å². The molecule has 1 aliphatic rings. The lowest BCUT2D eigenvalue weighted by Gasteiger charge is -2.34. The van der Waals surface area contributed by atoms with Gasteiger partial charge in [0.2, 0.25) is 5.91 Å². The molecule has 0 spiro atoms. The van der Waals surface area contributed by atoms with Gasteiger partial charge in [0.25, 0.3) is 0 Å². The first-order valence-electron chi connectivity index (χ1n) is 8.20. The number of hydrogen-bond acceptors (Lipinski definition) is 3. The molecule has 0 saturated carbocycles. The van der Waals surface area contributed by atoms with Crippen molar-refractivity contribution in [3.8, 4) is 10.4 Å². The Morgan fingerprint density at radius 1 is 1.44 bits per heavy atom. The number of likely N-dealkylation sites (tertiary alicyclic amines) is 1. The molecule has 4 heterocycles. The molecule has 3 aromatic rings. The molecule has 7 heteroatoms. The minimum atomic E-state index is -0.895. The summed E-state index contributed by atoms with van der Waals surface area (Å²) in [5, 5.41) is 0.516. The van der Waals surface area contributed by atoms with Gasteiger partial charge in [0, 0.05) is 27.7 Å². The fourth-order valence-corrected chi connectivity index (χ4v) is 4.18. The van der Waals surface area contributed by atoms with Gasteiger partial charge in [-0.25, -0.2) is 4.39 Å². The van der Waals surface area contributed by atoms with E-state index in [1.807, 2.05) is 12.3 Å². The third-order valence-corrected chi connectivity index (χ3v) is 6.02. The van der Waals surface area contributed by atoms with Gasteiger partial charge in [-0.3, -0.25) is 9.78 Å². The smallest absolute Gasteiger partial charge is 0.242 e. The van der Waals surface area contributed by atoms with E-state index in [2.05, 4.69) is 24.0 Å². The molecule has 3 aromatic heterocycles. The standard InChI is InChI=1S/C18H17ClFN3OS/c1-2-13-3-4-16(25-13)11-5-15-18(21-6-11)14(19)9-22(15)10-17(24)23-7-12(20)8-23/h3-6,9,12H,2,7-8,10H2,1H3. The van der Waals surface area contributed by atoms with Crippen molar-refractivity contribution < 1.29 is 9.18 Å². The molecule has 0 atom stereocenters. The predicted molar refractivity (Wildman–Crippen MR) is 98.9 cm³/mol. The quantitative estimate of drug-likeness (QED) is 0.684. The molecular weight excluding hydrogens is 361 g/mol. The van der Waals surface area contributed by atoms with E-state index in [4.69, 9.17) is 11.6 Å². The zero-order chi connectivity index (χ0) is 17.6. The number of carbonyl (C=O) groups is 1. The van der Waals surface area contributed by atoms with Crippen LogP contribution in [0.4, 0.5) is 4.39 Å². The number of aryl methyl sites for hydroxylation is 1. The van der Waals surface area contributed by atoms with Crippen molar-refractivity contribution >= 4 is 39.9 Å². The first-order chi connectivity index (χ1) is 12.0. The van der Waals surface area contributed by atoms with E-state index in [-0.39, 0.29) is 25.5 Å². The van der Waals surface area contributed by atoms with E-state index in [9.17, 15) is 9.18 Å². The maximum absolute atomic E-state index is 13.0. The number of aromatic nitrogens is 2. The number of amides is 1. The number of carbonyl (C=O) groups excluding carboxylic acids is 1. The highest BCUT2D eigenvalue weighted by Crippen LogP contribution is 2.32. The van der Waals surface area contributed by atoms with Gasteiger partial charge in [-0.05, 0) is 24.6 Å². The number of alkyl halides is 1. The molecule has 0 unspecified atom stereocenters. The predicted octanol–water partition coefficient (Wildman–Crippen LogP) is 4.16. The third kappa shape index (κ3) is 3.04. The Bertz CT molecular complexity index is 945. The number of pyridine rings is 1. The second-order valence-corrected chi connectivity index (χ2v) is 7.79. The number of rotatable bonds is 4. The maximum Gasteiger partial charge on any atom is 0.242 e. The molecule has 130 valence electrons. The Balaban J connectivity index is 1.67. The first-order valence-corrected chi connectivity index (χ1v) is 9.40. The largest absolute Gasteiger partial charge is 0.335 e. The third-order valence-electron chi connectivity index (χ3n) is 4.46. The Hall–Kier alpha value is -1.92. The minimum absolute atomic E-state index is 0.0998. The van der Waals surface area contributed by atoms with Crippen LogP contribution in [0.15, 0.2) is 30.6 Å². The van der Waals surface area contributed by atoms with E-state index in [1.165, 1.54) is 9.78 Å². The monoisotopic (exact) mass is 377 g/mol. The zero-order valence-electron chi connectivity index (χ0n) is 13.7. The summed E-state index contributed by atoms with van der Waals surface area (Å²) in [4.78, 5) is 20.7. The van der Waals surface area contributed by atoms with Crippen molar-refractivity contribution in [2.75, 3.05) is 13.1 Å². The van der Waals surface area contributed by atoms with Crippen molar-refractivity contribution in [1.82, 2.24) is 14.5 Å². The minimum Gasteiger partial charge on any atom is -0.335 e. The Morgan fingerprint density at radius 2 is 2.24 bits per heavy atom. The van der Waals surface area contributed by atoms with Crippen molar-refractivity contribution in [3.63, 3.8) is 0 Å². The fraction of sp³-hybridized carbons (Fsp3) is 0.333. The highest BCUT2D eigenvalue weighted by molar-refractivity contribution is 7.15. The number of fused-ring (bicyclic) bond motifs is 1. The van der Waals surface area contributed by atoms with Crippen LogP contribution in [0, 0.1) is 0 Å². The van der Waals surface area contributed by atoms with Crippen LogP contribution in [0.5, 0.6) is 0 Å². The first kappa shape index (κ1) is 16.5. The van der Waals surface area contributed by atoms with E-state index in [0.717, 1.165) is 22.4 Å². The summed E-state index contributed by atoms with van der Waals surface area (Å²) in [5.41, 5.74) is 2.51. The molecule has 0 radical (unpaired) electrons. The molecular formula is C18H17ClFN3OS. The summed E-state index contributed by atoms with van der Waals surface area (Å²) >= 11 is 8.01. The molecule has 0 bridgehead atoms. The number of thiophene rings is 1. The lowest BCUT2D eigenvalue weighted by Crippen LogP contribution is -2.52. The highest BCUT2D eigenvalue weighted by atomic mass is 35.5. The normalized spacial score (nSPS) is 14.9. The molecule has 1 aliphatic heterocycles. The van der Waals surface area contributed by atoms with Gasteiger partial charge in [0.15, 0.2) is 0 Å². The van der Waals surface area contributed by atoms with Gasteiger partial charge in [0.1, 0.15) is 18.2 Å². The second-order valence-electron chi connectivity index (χ2n) is 6.21. The molecule has 4 rings (SSSR count). The summed E-state index contributed by atoms with van der Waals surface area (Å²) in [7, 11) is 0. The molecule has 1 fully saturated rings. The average molecular weight is 378 g/mol. The second kappa shape index (κ2) is 6.42. The number of halogens is 2. The maximum atomic E-state index is 13.0. The number of hydrogen-bond donors (Lipinski definition) is 0. The van der Waals surface area contributed by atoms with E-state index in [0.29, 0.717) is 10.5 Å². The summed E-state index contributed by atoms with van der Waals surface area (Å²) in [6.07, 6.45) is 3.64. The molecule has 1 amide bonds. The van der Waals surface area contributed by atoms with Crippen LogP contribution in [-0.2, 0) is 17.8 Å². The molecule has 0 N–H and O–H groups in total. The molecule has 25 heavy (non-hydrogen) atoms. The summed E-state index contributed by atoms with van der Waals surface area (Å²) < 4.78 is 14.8. The van der Waals surface area contributed by atoms with Crippen LogP contribution < -0.4 is 0 Å².